The Morgan fingerprint density at radius 1 is 1.28 bits per heavy atom. The van der Waals surface area contributed by atoms with Gasteiger partial charge in [0.25, 0.3) is 0 Å². The van der Waals surface area contributed by atoms with Crippen LogP contribution in [0.1, 0.15) is 32.4 Å². The van der Waals surface area contributed by atoms with Gasteiger partial charge in [-0.1, -0.05) is 13.0 Å². The van der Waals surface area contributed by atoms with Gasteiger partial charge >= 0.3 is 0 Å². The molecule has 102 valence electrons. The molecule has 0 aliphatic heterocycles. The van der Waals surface area contributed by atoms with Crippen molar-refractivity contribution in [1.82, 2.24) is 5.32 Å². The van der Waals surface area contributed by atoms with Crippen LogP contribution in [0.15, 0.2) is 18.2 Å². The normalized spacial score (nSPS) is 16.1. The quantitative estimate of drug-likeness (QED) is 0.726. The Kier molecular flexibility index (Phi) is 5.44. The SMILES string of the molecule is COc1ccc(C(C)NC(C)C(C)CO)c(O)c1. The van der Waals surface area contributed by atoms with Crippen molar-refractivity contribution >= 4 is 0 Å². The van der Waals surface area contributed by atoms with Crippen LogP contribution in [0, 0.1) is 5.92 Å². The second kappa shape index (κ2) is 6.61. The summed E-state index contributed by atoms with van der Waals surface area (Å²) in [5.74, 6) is 1.03. The molecule has 0 radical (unpaired) electrons. The predicted molar refractivity (Wildman–Crippen MR) is 71.9 cm³/mol. The smallest absolute Gasteiger partial charge is 0.124 e. The van der Waals surface area contributed by atoms with Crippen LogP contribution in [0.4, 0.5) is 0 Å². The highest BCUT2D eigenvalue weighted by Gasteiger charge is 2.17. The molecule has 1 rings (SSSR count). The van der Waals surface area contributed by atoms with E-state index in [-0.39, 0.29) is 30.4 Å². The van der Waals surface area contributed by atoms with Crippen LogP contribution in [0.3, 0.4) is 0 Å². The van der Waals surface area contributed by atoms with Gasteiger partial charge < -0.3 is 20.3 Å². The van der Waals surface area contributed by atoms with E-state index in [2.05, 4.69) is 5.32 Å². The molecule has 4 heteroatoms. The number of rotatable bonds is 6. The van der Waals surface area contributed by atoms with Gasteiger partial charge in [0.1, 0.15) is 11.5 Å². The van der Waals surface area contributed by atoms with Crippen molar-refractivity contribution in [2.24, 2.45) is 5.92 Å². The number of hydrogen-bond donors (Lipinski definition) is 3. The maximum absolute atomic E-state index is 9.93. The van der Waals surface area contributed by atoms with E-state index in [1.165, 1.54) is 0 Å². The van der Waals surface area contributed by atoms with E-state index in [1.807, 2.05) is 32.9 Å². The largest absolute Gasteiger partial charge is 0.507 e. The van der Waals surface area contributed by atoms with Gasteiger partial charge in [-0.2, -0.15) is 0 Å². The van der Waals surface area contributed by atoms with Gasteiger partial charge in [-0.3, -0.25) is 0 Å². The molecule has 0 spiro atoms. The lowest BCUT2D eigenvalue weighted by molar-refractivity contribution is 0.202. The molecule has 1 aromatic carbocycles. The summed E-state index contributed by atoms with van der Waals surface area (Å²) in [5, 5.41) is 22.4. The van der Waals surface area contributed by atoms with Crippen molar-refractivity contribution in [2.45, 2.75) is 32.9 Å². The second-order valence-corrected chi connectivity index (χ2v) is 4.76. The van der Waals surface area contributed by atoms with Gasteiger partial charge in [-0.15, -0.1) is 0 Å². The Labute approximate surface area is 109 Å². The number of aliphatic hydroxyl groups excluding tert-OH is 1. The Bertz CT molecular complexity index is 381. The molecule has 1 aromatic rings. The number of phenols is 1. The summed E-state index contributed by atoms with van der Waals surface area (Å²) in [4.78, 5) is 0. The van der Waals surface area contributed by atoms with Crippen molar-refractivity contribution < 1.29 is 14.9 Å². The molecule has 4 nitrogen and oxygen atoms in total. The first-order valence-electron chi connectivity index (χ1n) is 6.23. The van der Waals surface area contributed by atoms with Gasteiger partial charge in [-0.05, 0) is 25.8 Å². The highest BCUT2D eigenvalue weighted by atomic mass is 16.5. The van der Waals surface area contributed by atoms with Crippen LogP contribution in [-0.2, 0) is 0 Å². The van der Waals surface area contributed by atoms with E-state index in [0.717, 1.165) is 5.56 Å². The van der Waals surface area contributed by atoms with E-state index in [1.54, 1.807) is 13.2 Å². The number of methoxy groups -OCH3 is 1. The summed E-state index contributed by atoms with van der Waals surface area (Å²) >= 11 is 0. The fraction of sp³-hybridized carbons (Fsp3) is 0.571. The van der Waals surface area contributed by atoms with Crippen LogP contribution < -0.4 is 10.1 Å². The number of phenolic OH excluding ortho intramolecular Hbond substituents is 1. The van der Waals surface area contributed by atoms with Crippen LogP contribution in [0.2, 0.25) is 0 Å². The Morgan fingerprint density at radius 3 is 2.44 bits per heavy atom. The summed E-state index contributed by atoms with van der Waals surface area (Å²) in [6, 6.07) is 5.47. The number of ether oxygens (including phenoxy) is 1. The molecule has 0 fully saturated rings. The first-order chi connectivity index (χ1) is 8.49. The zero-order chi connectivity index (χ0) is 13.7. The van der Waals surface area contributed by atoms with Crippen molar-refractivity contribution in [2.75, 3.05) is 13.7 Å². The van der Waals surface area contributed by atoms with Crippen molar-refractivity contribution in [1.29, 1.82) is 0 Å². The summed E-state index contributed by atoms with van der Waals surface area (Å²) in [6.45, 7) is 6.15. The summed E-state index contributed by atoms with van der Waals surface area (Å²) < 4.78 is 5.05. The van der Waals surface area contributed by atoms with Crippen LogP contribution in [-0.4, -0.2) is 30.0 Å². The molecule has 0 amide bonds. The van der Waals surface area contributed by atoms with Crippen molar-refractivity contribution in [3.63, 3.8) is 0 Å². The highest BCUT2D eigenvalue weighted by molar-refractivity contribution is 5.41. The lowest BCUT2D eigenvalue weighted by Gasteiger charge is -2.24. The summed E-state index contributed by atoms with van der Waals surface area (Å²) in [7, 11) is 1.57. The minimum Gasteiger partial charge on any atom is -0.507 e. The molecule has 0 aliphatic rings. The molecular weight excluding hydrogens is 230 g/mol. The second-order valence-electron chi connectivity index (χ2n) is 4.76. The van der Waals surface area contributed by atoms with E-state index < -0.39 is 0 Å². The van der Waals surface area contributed by atoms with E-state index in [9.17, 15) is 5.11 Å². The standard InChI is InChI=1S/C14H23NO3/c1-9(8-16)10(2)15-11(3)13-6-5-12(18-4)7-14(13)17/h5-7,9-11,15-17H,8H2,1-4H3. The number of nitrogens with one attached hydrogen (secondary N) is 1. The van der Waals surface area contributed by atoms with E-state index in [4.69, 9.17) is 9.84 Å². The first-order valence-corrected chi connectivity index (χ1v) is 6.23. The van der Waals surface area contributed by atoms with E-state index in [0.29, 0.717) is 5.75 Å². The van der Waals surface area contributed by atoms with Gasteiger partial charge in [0.05, 0.1) is 7.11 Å². The average molecular weight is 253 g/mol. The van der Waals surface area contributed by atoms with Crippen LogP contribution in [0.25, 0.3) is 0 Å². The molecule has 0 bridgehead atoms. The molecule has 0 saturated heterocycles. The average Bonchev–Trinajstić information content (AvgIpc) is 2.37. The maximum Gasteiger partial charge on any atom is 0.124 e. The third-order valence-electron chi connectivity index (χ3n) is 3.36. The first kappa shape index (κ1) is 14.8. The number of aromatic hydroxyl groups is 1. The molecule has 3 atom stereocenters. The van der Waals surface area contributed by atoms with Gasteiger partial charge in [0, 0.05) is 30.3 Å². The fourth-order valence-corrected chi connectivity index (χ4v) is 1.82. The van der Waals surface area contributed by atoms with Gasteiger partial charge in [-0.25, -0.2) is 0 Å². The molecule has 0 aliphatic carbocycles. The Morgan fingerprint density at radius 2 is 1.94 bits per heavy atom. The lowest BCUT2D eigenvalue weighted by Crippen LogP contribution is -2.35. The molecule has 3 unspecified atom stereocenters. The lowest BCUT2D eigenvalue weighted by atomic mass is 10.0. The minimum absolute atomic E-state index is 0.0138. The number of hydrogen-bond acceptors (Lipinski definition) is 4. The summed E-state index contributed by atoms with van der Waals surface area (Å²) in [5.41, 5.74) is 0.827. The van der Waals surface area contributed by atoms with Crippen molar-refractivity contribution in [3.8, 4) is 11.5 Å². The number of aliphatic hydroxyl groups is 1. The monoisotopic (exact) mass is 253 g/mol. The molecule has 3 N–H and O–H groups in total. The zero-order valence-corrected chi connectivity index (χ0v) is 11.5. The maximum atomic E-state index is 9.93. The van der Waals surface area contributed by atoms with Crippen molar-refractivity contribution in [3.05, 3.63) is 23.8 Å². The zero-order valence-electron chi connectivity index (χ0n) is 11.5. The molecule has 0 heterocycles. The predicted octanol–water partition coefficient (Wildman–Crippen LogP) is 2.07. The van der Waals surface area contributed by atoms with Crippen LogP contribution >= 0.6 is 0 Å². The number of benzene rings is 1. The molecular formula is C14H23NO3. The minimum atomic E-state index is 0.0138. The highest BCUT2D eigenvalue weighted by Crippen LogP contribution is 2.28. The third kappa shape index (κ3) is 3.62. The van der Waals surface area contributed by atoms with E-state index >= 15 is 0 Å². The molecule has 0 saturated carbocycles. The third-order valence-corrected chi connectivity index (χ3v) is 3.36. The molecule has 18 heavy (non-hydrogen) atoms. The summed E-state index contributed by atoms with van der Waals surface area (Å²) in [6.07, 6.45) is 0. The Hall–Kier alpha value is -1.26. The Balaban J connectivity index is 2.75. The molecule has 0 aromatic heterocycles. The van der Waals surface area contributed by atoms with Gasteiger partial charge in [0.15, 0.2) is 0 Å². The topological polar surface area (TPSA) is 61.7 Å². The van der Waals surface area contributed by atoms with Gasteiger partial charge in [0.2, 0.25) is 0 Å². The fourth-order valence-electron chi connectivity index (χ4n) is 1.82. The van der Waals surface area contributed by atoms with Crippen LogP contribution in [0.5, 0.6) is 11.5 Å².